The third kappa shape index (κ3) is 1.84. The summed E-state index contributed by atoms with van der Waals surface area (Å²) in [6.07, 6.45) is 0. The van der Waals surface area contributed by atoms with Crippen LogP contribution in [0.4, 0.5) is 0 Å². The molecular weight excluding hydrogens is 172 g/mol. The van der Waals surface area contributed by atoms with Crippen LogP contribution in [0.3, 0.4) is 0 Å². The van der Waals surface area contributed by atoms with Gasteiger partial charge in [0.1, 0.15) is 11.4 Å². The molecule has 0 saturated carbocycles. The van der Waals surface area contributed by atoms with Gasteiger partial charge in [-0.3, -0.25) is 0 Å². The first kappa shape index (κ1) is 7.98. The molecule has 2 N–H and O–H groups in total. The van der Waals surface area contributed by atoms with Crippen molar-refractivity contribution in [1.29, 1.82) is 0 Å². The van der Waals surface area contributed by atoms with Gasteiger partial charge in [-0.25, -0.2) is 0 Å². The summed E-state index contributed by atoms with van der Waals surface area (Å²) in [5, 5.41) is 17.9. The van der Waals surface area contributed by atoms with Crippen LogP contribution in [0.1, 0.15) is 6.92 Å². The lowest BCUT2D eigenvalue weighted by atomic mass is 10.1. The van der Waals surface area contributed by atoms with Crippen LogP contribution in [0.5, 0.6) is 0 Å². The number of hydrogen-bond donors (Lipinski definition) is 2. The topological polar surface area (TPSA) is 40.5 Å². The molecule has 0 rings (SSSR count). The van der Waals surface area contributed by atoms with Crippen LogP contribution in [0.15, 0.2) is 12.3 Å². The maximum absolute atomic E-state index is 9.00. The lowest BCUT2D eigenvalue weighted by molar-refractivity contribution is 0.0778. The summed E-state index contributed by atoms with van der Waals surface area (Å²) in [4.78, 5) is 0. The Morgan fingerprint density at radius 3 is 2.25 bits per heavy atom. The van der Waals surface area contributed by atoms with Crippen molar-refractivity contribution in [3.63, 3.8) is 0 Å². The molecule has 0 unspecified atom stereocenters. The van der Waals surface area contributed by atoms with E-state index in [1.165, 1.54) is 6.92 Å². The molecule has 0 aliphatic rings. The van der Waals surface area contributed by atoms with E-state index in [1.54, 1.807) is 0 Å². The van der Waals surface area contributed by atoms with Crippen molar-refractivity contribution >= 4 is 15.9 Å². The molecule has 0 aromatic carbocycles. The second-order valence-electron chi connectivity index (χ2n) is 1.85. The van der Waals surface area contributed by atoms with Gasteiger partial charge in [0, 0.05) is 5.33 Å². The highest BCUT2D eigenvalue weighted by molar-refractivity contribution is 9.09. The minimum atomic E-state index is -1.18. The molecule has 0 heterocycles. The van der Waals surface area contributed by atoms with Gasteiger partial charge in [-0.15, -0.1) is 0 Å². The number of rotatable bonds is 2. The predicted molar refractivity (Wildman–Crippen MR) is 36.2 cm³/mol. The number of halogens is 1. The second-order valence-corrected chi connectivity index (χ2v) is 2.41. The Morgan fingerprint density at radius 1 is 1.88 bits per heavy atom. The normalized spacial score (nSPS) is 17.4. The zero-order valence-electron chi connectivity index (χ0n) is 4.69. The zero-order valence-corrected chi connectivity index (χ0v) is 6.27. The van der Waals surface area contributed by atoms with Crippen LogP contribution in [-0.2, 0) is 0 Å². The van der Waals surface area contributed by atoms with Crippen LogP contribution in [0.2, 0.25) is 0 Å². The standard InChI is InChI=1S/C5H9BrO2/c1-4(7)5(2,8)3-6/h7-8H,1,3H2,2H3/t5-/m1/s1. The van der Waals surface area contributed by atoms with Crippen molar-refractivity contribution in [3.8, 4) is 0 Å². The van der Waals surface area contributed by atoms with Crippen LogP contribution < -0.4 is 0 Å². The molecule has 8 heavy (non-hydrogen) atoms. The largest absolute Gasteiger partial charge is 0.510 e. The molecule has 0 aliphatic heterocycles. The molecule has 0 fully saturated rings. The van der Waals surface area contributed by atoms with E-state index in [0.717, 1.165) is 0 Å². The van der Waals surface area contributed by atoms with Crippen LogP contribution in [-0.4, -0.2) is 21.1 Å². The minimum Gasteiger partial charge on any atom is -0.510 e. The fourth-order valence-corrected chi connectivity index (χ4v) is 0.401. The Balaban J connectivity index is 3.91. The Labute approximate surface area is 57.0 Å². The number of hydrogen-bond acceptors (Lipinski definition) is 2. The van der Waals surface area contributed by atoms with E-state index in [1.807, 2.05) is 0 Å². The fourth-order valence-electron chi connectivity index (χ4n) is 0.0771. The first-order valence-electron chi connectivity index (χ1n) is 2.17. The van der Waals surface area contributed by atoms with Crippen molar-refractivity contribution in [2.24, 2.45) is 0 Å². The third-order valence-electron chi connectivity index (χ3n) is 0.882. The molecule has 1 atom stereocenters. The Bertz CT molecular complexity index is 98.6. The number of aliphatic hydroxyl groups is 2. The van der Waals surface area contributed by atoms with Gasteiger partial charge in [-0.2, -0.15) is 0 Å². The molecule has 0 spiro atoms. The van der Waals surface area contributed by atoms with Gasteiger partial charge in [-0.1, -0.05) is 22.5 Å². The summed E-state index contributed by atoms with van der Waals surface area (Å²) in [6.45, 7) is 4.65. The number of alkyl halides is 1. The maximum atomic E-state index is 9.00. The summed E-state index contributed by atoms with van der Waals surface area (Å²) in [5.74, 6) is -0.214. The molecule has 48 valence electrons. The highest BCUT2D eigenvalue weighted by atomic mass is 79.9. The summed E-state index contributed by atoms with van der Waals surface area (Å²) in [5.41, 5.74) is -1.18. The van der Waals surface area contributed by atoms with Gasteiger partial charge in [-0.05, 0) is 6.92 Å². The molecule has 2 nitrogen and oxygen atoms in total. The second kappa shape index (κ2) is 2.51. The Kier molecular flexibility index (Phi) is 2.50. The Morgan fingerprint density at radius 2 is 2.25 bits per heavy atom. The van der Waals surface area contributed by atoms with E-state index < -0.39 is 5.60 Å². The monoisotopic (exact) mass is 180 g/mol. The smallest absolute Gasteiger partial charge is 0.127 e. The highest BCUT2D eigenvalue weighted by Gasteiger charge is 2.21. The molecule has 0 amide bonds. The molecular formula is C5H9BrO2. The minimum absolute atomic E-state index is 0.214. The third-order valence-corrected chi connectivity index (χ3v) is 1.97. The lowest BCUT2D eigenvalue weighted by Crippen LogP contribution is -2.27. The van der Waals surface area contributed by atoms with Gasteiger partial charge < -0.3 is 10.2 Å². The van der Waals surface area contributed by atoms with Crippen LogP contribution >= 0.6 is 15.9 Å². The van der Waals surface area contributed by atoms with Crippen LogP contribution in [0.25, 0.3) is 0 Å². The maximum Gasteiger partial charge on any atom is 0.127 e. The van der Waals surface area contributed by atoms with Crippen LogP contribution in [0, 0.1) is 0 Å². The van der Waals surface area contributed by atoms with Gasteiger partial charge >= 0.3 is 0 Å². The lowest BCUT2D eigenvalue weighted by Gasteiger charge is -2.17. The molecule has 0 saturated heterocycles. The van der Waals surface area contributed by atoms with Crippen molar-refractivity contribution in [1.82, 2.24) is 0 Å². The first-order chi connectivity index (χ1) is 3.50. The van der Waals surface area contributed by atoms with Crippen molar-refractivity contribution in [2.45, 2.75) is 12.5 Å². The van der Waals surface area contributed by atoms with Crippen molar-refractivity contribution in [3.05, 3.63) is 12.3 Å². The average Bonchev–Trinajstić information content (AvgIpc) is 1.67. The Hall–Kier alpha value is -0.0200. The number of aliphatic hydroxyl groups excluding tert-OH is 1. The van der Waals surface area contributed by atoms with Gasteiger partial charge in [0.05, 0.1) is 0 Å². The zero-order chi connectivity index (χ0) is 6.78. The quantitative estimate of drug-likeness (QED) is 0.496. The van der Waals surface area contributed by atoms with Crippen molar-refractivity contribution < 1.29 is 10.2 Å². The van der Waals surface area contributed by atoms with E-state index in [0.29, 0.717) is 5.33 Å². The SMILES string of the molecule is C=C(O)[C@](C)(O)CBr. The van der Waals surface area contributed by atoms with Gasteiger partial charge in [0.2, 0.25) is 0 Å². The molecule has 0 aromatic rings. The van der Waals surface area contributed by atoms with Crippen molar-refractivity contribution in [2.75, 3.05) is 5.33 Å². The highest BCUT2D eigenvalue weighted by Crippen LogP contribution is 2.13. The van der Waals surface area contributed by atoms with E-state index in [4.69, 9.17) is 10.2 Å². The van der Waals surface area contributed by atoms with E-state index >= 15 is 0 Å². The average molecular weight is 181 g/mol. The molecule has 3 heteroatoms. The molecule has 0 aliphatic carbocycles. The first-order valence-corrected chi connectivity index (χ1v) is 3.29. The molecule has 0 radical (unpaired) electrons. The van der Waals surface area contributed by atoms with E-state index in [9.17, 15) is 0 Å². The van der Waals surface area contributed by atoms with Gasteiger partial charge in [0.15, 0.2) is 0 Å². The summed E-state index contributed by atoms with van der Waals surface area (Å²) in [6, 6.07) is 0. The fraction of sp³-hybridized carbons (Fsp3) is 0.600. The van der Waals surface area contributed by atoms with Gasteiger partial charge in [0.25, 0.3) is 0 Å². The summed E-state index contributed by atoms with van der Waals surface area (Å²) >= 11 is 3.00. The van der Waals surface area contributed by atoms with E-state index in [2.05, 4.69) is 22.5 Å². The predicted octanol–water partition coefficient (Wildman–Crippen LogP) is 1.20. The molecule has 0 aromatic heterocycles. The van der Waals surface area contributed by atoms with E-state index in [-0.39, 0.29) is 5.76 Å². The molecule has 0 bridgehead atoms. The summed E-state index contributed by atoms with van der Waals surface area (Å²) < 4.78 is 0. The summed E-state index contributed by atoms with van der Waals surface area (Å²) in [7, 11) is 0.